The Balaban J connectivity index is 1.55. The molecule has 0 fully saturated rings. The number of nitrogens with zero attached hydrogens (tertiary/aromatic N) is 1. The maximum Gasteiger partial charge on any atom is 0.274 e. The van der Waals surface area contributed by atoms with Gasteiger partial charge in [0.05, 0.1) is 11.9 Å². The van der Waals surface area contributed by atoms with E-state index in [0.717, 1.165) is 29.2 Å². The predicted molar refractivity (Wildman–Crippen MR) is 112 cm³/mol. The maximum atomic E-state index is 12.3. The zero-order chi connectivity index (χ0) is 19.9. The molecule has 3 aromatic rings. The number of aromatic nitrogens is 1. The van der Waals surface area contributed by atoms with Crippen LogP contribution in [-0.2, 0) is 6.42 Å². The fourth-order valence-electron chi connectivity index (χ4n) is 2.69. The Morgan fingerprint density at radius 2 is 1.82 bits per heavy atom. The summed E-state index contributed by atoms with van der Waals surface area (Å²) in [6, 6.07) is 18.0. The van der Waals surface area contributed by atoms with Crippen molar-refractivity contribution in [1.29, 1.82) is 0 Å². The fraction of sp³-hybridized carbons (Fsp3) is 0.136. The Bertz CT molecular complexity index is 987. The monoisotopic (exact) mass is 393 g/mol. The lowest BCUT2D eigenvalue weighted by Gasteiger charge is -2.08. The Morgan fingerprint density at radius 1 is 1.00 bits per heavy atom. The van der Waals surface area contributed by atoms with E-state index in [0.29, 0.717) is 16.9 Å². The third-order valence-corrected chi connectivity index (χ3v) is 4.39. The van der Waals surface area contributed by atoms with Crippen LogP contribution in [0.4, 0.5) is 11.4 Å². The van der Waals surface area contributed by atoms with Gasteiger partial charge in [0, 0.05) is 22.8 Å². The number of anilines is 2. The first-order valence-electron chi connectivity index (χ1n) is 8.88. The second kappa shape index (κ2) is 9.15. The first-order valence-corrected chi connectivity index (χ1v) is 9.26. The molecule has 142 valence electrons. The van der Waals surface area contributed by atoms with Gasteiger partial charge in [-0.25, -0.2) is 4.98 Å². The number of rotatable bonds is 7. The number of pyridine rings is 1. The second-order valence-electron chi connectivity index (χ2n) is 6.33. The third kappa shape index (κ3) is 5.41. The lowest BCUT2D eigenvalue weighted by Crippen LogP contribution is -2.14. The zero-order valence-electron chi connectivity index (χ0n) is 15.4. The summed E-state index contributed by atoms with van der Waals surface area (Å²) in [5, 5.41) is 6.76. The van der Waals surface area contributed by atoms with Crippen LogP contribution in [-0.4, -0.2) is 23.2 Å². The molecule has 1 amide bonds. The summed E-state index contributed by atoms with van der Waals surface area (Å²) in [6.07, 6.45) is 2.45. The molecule has 5 nitrogen and oxygen atoms in total. The zero-order valence-corrected chi connectivity index (χ0v) is 16.2. The molecule has 0 atom stereocenters. The number of hydrogen-bond donors (Lipinski definition) is 2. The molecular formula is C22H20ClN3O2. The molecule has 0 aliphatic rings. The van der Waals surface area contributed by atoms with Gasteiger partial charge >= 0.3 is 0 Å². The van der Waals surface area contributed by atoms with E-state index in [4.69, 9.17) is 11.6 Å². The summed E-state index contributed by atoms with van der Waals surface area (Å²) >= 11 is 5.98. The average molecular weight is 394 g/mol. The quantitative estimate of drug-likeness (QED) is 0.563. The highest BCUT2D eigenvalue weighted by Crippen LogP contribution is 2.14. The van der Waals surface area contributed by atoms with Crippen LogP contribution in [0.2, 0.25) is 5.02 Å². The molecule has 2 aromatic carbocycles. The van der Waals surface area contributed by atoms with E-state index in [2.05, 4.69) is 15.6 Å². The van der Waals surface area contributed by atoms with Gasteiger partial charge in [0.25, 0.3) is 5.91 Å². The smallest absolute Gasteiger partial charge is 0.274 e. The average Bonchev–Trinajstić information content (AvgIpc) is 2.69. The number of hydrogen-bond acceptors (Lipinski definition) is 4. The van der Waals surface area contributed by atoms with Crippen LogP contribution < -0.4 is 10.6 Å². The van der Waals surface area contributed by atoms with Gasteiger partial charge in [-0.3, -0.25) is 9.59 Å². The summed E-state index contributed by atoms with van der Waals surface area (Å²) in [7, 11) is 0. The summed E-state index contributed by atoms with van der Waals surface area (Å²) in [4.78, 5) is 28.0. The minimum atomic E-state index is -0.328. The molecule has 2 N–H and O–H groups in total. The van der Waals surface area contributed by atoms with E-state index in [1.807, 2.05) is 30.3 Å². The van der Waals surface area contributed by atoms with Gasteiger partial charge in [-0.2, -0.15) is 0 Å². The van der Waals surface area contributed by atoms with Crippen molar-refractivity contribution >= 4 is 34.7 Å². The third-order valence-electron chi connectivity index (χ3n) is 4.15. The van der Waals surface area contributed by atoms with Crippen LogP contribution in [0, 0.1) is 0 Å². The molecule has 0 unspecified atom stereocenters. The number of benzene rings is 2. The molecule has 3 rings (SSSR count). The minimum absolute atomic E-state index is 0.0533. The second-order valence-corrected chi connectivity index (χ2v) is 6.77. The highest BCUT2D eigenvalue weighted by Gasteiger charge is 2.09. The van der Waals surface area contributed by atoms with Gasteiger partial charge < -0.3 is 10.6 Å². The van der Waals surface area contributed by atoms with Crippen molar-refractivity contribution < 1.29 is 9.59 Å². The molecule has 0 aliphatic heterocycles. The van der Waals surface area contributed by atoms with Crippen molar-refractivity contribution in [2.75, 3.05) is 17.2 Å². The van der Waals surface area contributed by atoms with E-state index in [-0.39, 0.29) is 11.7 Å². The highest BCUT2D eigenvalue weighted by molar-refractivity contribution is 6.30. The molecule has 0 saturated carbocycles. The van der Waals surface area contributed by atoms with Gasteiger partial charge in [0.1, 0.15) is 5.69 Å². The van der Waals surface area contributed by atoms with Crippen molar-refractivity contribution in [3.8, 4) is 0 Å². The van der Waals surface area contributed by atoms with Gasteiger partial charge in [0.15, 0.2) is 5.78 Å². The highest BCUT2D eigenvalue weighted by atomic mass is 35.5. The number of halogens is 1. The Kier molecular flexibility index (Phi) is 6.40. The topological polar surface area (TPSA) is 71.1 Å². The van der Waals surface area contributed by atoms with Crippen LogP contribution in [0.25, 0.3) is 0 Å². The van der Waals surface area contributed by atoms with Crippen LogP contribution in [0.5, 0.6) is 0 Å². The molecule has 0 saturated heterocycles. The standard InChI is InChI=1S/C22H20ClN3O2/c1-15(27)17-5-3-7-19(13-17)26-22(28)21-9-8-20(14-25-21)24-11-10-16-4-2-6-18(23)12-16/h2-9,12-14,24H,10-11H2,1H3,(H,26,28). The number of Topliss-reactive ketones (excluding diaryl/α,β-unsaturated/α-hetero) is 1. The predicted octanol–water partition coefficient (Wildman–Crippen LogP) is 4.84. The molecule has 0 radical (unpaired) electrons. The number of carbonyl (C=O) groups excluding carboxylic acids is 2. The Hall–Kier alpha value is -3.18. The molecule has 0 aliphatic carbocycles. The van der Waals surface area contributed by atoms with Gasteiger partial charge in [-0.05, 0) is 55.3 Å². The fourth-order valence-corrected chi connectivity index (χ4v) is 2.90. The molecule has 0 bridgehead atoms. The first-order chi connectivity index (χ1) is 13.5. The van der Waals surface area contributed by atoms with Crippen molar-refractivity contribution in [2.24, 2.45) is 0 Å². The van der Waals surface area contributed by atoms with Crippen LogP contribution in [0.3, 0.4) is 0 Å². The number of nitrogens with one attached hydrogen (secondary N) is 2. The van der Waals surface area contributed by atoms with E-state index in [1.54, 1.807) is 36.5 Å². The summed E-state index contributed by atoms with van der Waals surface area (Å²) < 4.78 is 0. The van der Waals surface area contributed by atoms with Crippen molar-refractivity contribution in [2.45, 2.75) is 13.3 Å². The van der Waals surface area contributed by atoms with Crippen molar-refractivity contribution in [3.05, 3.63) is 88.7 Å². The largest absolute Gasteiger partial charge is 0.383 e. The van der Waals surface area contributed by atoms with Crippen molar-refractivity contribution in [1.82, 2.24) is 4.98 Å². The normalized spacial score (nSPS) is 10.4. The first kappa shape index (κ1) is 19.6. The molecule has 28 heavy (non-hydrogen) atoms. The summed E-state index contributed by atoms with van der Waals surface area (Å²) in [6.45, 7) is 2.21. The Morgan fingerprint density at radius 3 is 2.54 bits per heavy atom. The van der Waals surface area contributed by atoms with Gasteiger partial charge in [-0.15, -0.1) is 0 Å². The lowest BCUT2D eigenvalue weighted by molar-refractivity contribution is 0.100. The molecule has 1 aromatic heterocycles. The molecule has 1 heterocycles. The lowest BCUT2D eigenvalue weighted by atomic mass is 10.1. The SMILES string of the molecule is CC(=O)c1cccc(NC(=O)c2ccc(NCCc3cccc(Cl)c3)cn2)c1. The number of carbonyl (C=O) groups is 2. The molecule has 6 heteroatoms. The minimum Gasteiger partial charge on any atom is -0.383 e. The van der Waals surface area contributed by atoms with Crippen LogP contribution in [0.1, 0.15) is 33.3 Å². The van der Waals surface area contributed by atoms with E-state index in [1.165, 1.54) is 6.92 Å². The van der Waals surface area contributed by atoms with Crippen LogP contribution in [0.15, 0.2) is 66.9 Å². The van der Waals surface area contributed by atoms with E-state index in [9.17, 15) is 9.59 Å². The summed E-state index contributed by atoms with van der Waals surface area (Å²) in [5.41, 5.74) is 3.38. The summed E-state index contributed by atoms with van der Waals surface area (Å²) in [5.74, 6) is -0.381. The van der Waals surface area contributed by atoms with Crippen molar-refractivity contribution in [3.63, 3.8) is 0 Å². The van der Waals surface area contributed by atoms with Gasteiger partial charge in [-0.1, -0.05) is 35.9 Å². The molecule has 0 spiro atoms. The van der Waals surface area contributed by atoms with E-state index >= 15 is 0 Å². The number of amides is 1. The van der Waals surface area contributed by atoms with E-state index < -0.39 is 0 Å². The number of ketones is 1. The van der Waals surface area contributed by atoms with Gasteiger partial charge in [0.2, 0.25) is 0 Å². The molecular weight excluding hydrogens is 374 g/mol. The Labute approximate surface area is 168 Å². The van der Waals surface area contributed by atoms with Crippen LogP contribution >= 0.6 is 11.6 Å². The maximum absolute atomic E-state index is 12.3.